The zero-order valence-corrected chi connectivity index (χ0v) is 21.4. The van der Waals surface area contributed by atoms with Crippen LogP contribution in [0, 0.1) is 5.92 Å². The molecular formula is C24H32N2O6S2. The van der Waals surface area contributed by atoms with Gasteiger partial charge < -0.3 is 9.47 Å². The predicted octanol–water partition coefficient (Wildman–Crippen LogP) is 3.48. The van der Waals surface area contributed by atoms with Gasteiger partial charge in [0.05, 0.1) is 24.0 Å². The molecule has 2 fully saturated rings. The molecule has 1 saturated carbocycles. The van der Waals surface area contributed by atoms with Crippen molar-refractivity contribution in [2.75, 3.05) is 27.3 Å². The first-order chi connectivity index (χ1) is 16.2. The summed E-state index contributed by atoms with van der Waals surface area (Å²) in [4.78, 5) is 0.195. The van der Waals surface area contributed by atoms with Crippen molar-refractivity contribution in [3.05, 3.63) is 48.0 Å². The van der Waals surface area contributed by atoms with E-state index in [4.69, 9.17) is 9.47 Å². The van der Waals surface area contributed by atoms with Crippen LogP contribution in [0.5, 0.6) is 11.5 Å². The van der Waals surface area contributed by atoms with Crippen LogP contribution in [0.3, 0.4) is 0 Å². The topological polar surface area (TPSA) is 93.2 Å². The molecule has 1 saturated heterocycles. The van der Waals surface area contributed by atoms with Crippen molar-refractivity contribution >= 4 is 20.0 Å². The molecule has 186 valence electrons. The number of hydrogen-bond acceptors (Lipinski definition) is 6. The van der Waals surface area contributed by atoms with E-state index >= 15 is 0 Å². The van der Waals surface area contributed by atoms with Gasteiger partial charge in [0.25, 0.3) is 0 Å². The Balaban J connectivity index is 1.60. The summed E-state index contributed by atoms with van der Waals surface area (Å²) >= 11 is 0. The third-order valence-corrected chi connectivity index (χ3v) is 10.2. The number of ether oxygens (including phenoxy) is 2. The average Bonchev–Trinajstić information content (AvgIpc) is 3.67. The molecule has 1 atom stereocenters. The number of hydrogen-bond donors (Lipinski definition) is 0. The highest BCUT2D eigenvalue weighted by Gasteiger charge is 2.39. The molecule has 1 heterocycles. The Kier molecular flexibility index (Phi) is 7.23. The molecule has 2 aromatic carbocycles. The lowest BCUT2D eigenvalue weighted by Crippen LogP contribution is -2.39. The summed E-state index contributed by atoms with van der Waals surface area (Å²) in [5, 5.41) is 0. The maximum absolute atomic E-state index is 13.6. The Morgan fingerprint density at radius 1 is 0.941 bits per heavy atom. The fraction of sp³-hybridized carbons (Fsp3) is 0.500. The first kappa shape index (κ1) is 25.0. The van der Waals surface area contributed by atoms with E-state index in [9.17, 15) is 16.8 Å². The zero-order valence-electron chi connectivity index (χ0n) is 19.8. The minimum absolute atomic E-state index is 0.0761. The van der Waals surface area contributed by atoms with Crippen molar-refractivity contribution in [1.82, 2.24) is 8.61 Å². The molecule has 10 heteroatoms. The van der Waals surface area contributed by atoms with Gasteiger partial charge >= 0.3 is 0 Å². The summed E-state index contributed by atoms with van der Waals surface area (Å²) in [5.41, 5.74) is 0.704. The molecule has 0 bridgehead atoms. The molecule has 0 spiro atoms. The molecule has 1 aliphatic carbocycles. The Hall–Kier alpha value is -2.14. The van der Waals surface area contributed by atoms with Crippen LogP contribution in [-0.4, -0.2) is 58.8 Å². The summed E-state index contributed by atoms with van der Waals surface area (Å²) in [7, 11) is -4.43. The Labute approximate surface area is 202 Å². The Bertz CT molecular complexity index is 1220. The van der Waals surface area contributed by atoms with Gasteiger partial charge in [-0.15, -0.1) is 0 Å². The maximum atomic E-state index is 13.6. The Morgan fingerprint density at radius 3 is 2.21 bits per heavy atom. The van der Waals surface area contributed by atoms with Crippen LogP contribution >= 0.6 is 0 Å². The van der Waals surface area contributed by atoms with E-state index in [1.807, 2.05) is 13.0 Å². The van der Waals surface area contributed by atoms with Crippen LogP contribution < -0.4 is 9.47 Å². The van der Waals surface area contributed by atoms with Gasteiger partial charge in [0.2, 0.25) is 20.0 Å². The number of rotatable bonds is 9. The summed E-state index contributed by atoms with van der Waals surface area (Å²) < 4.78 is 67.1. The van der Waals surface area contributed by atoms with Crippen LogP contribution in [0.1, 0.15) is 38.2 Å². The van der Waals surface area contributed by atoms with Gasteiger partial charge in [-0.2, -0.15) is 8.61 Å². The van der Waals surface area contributed by atoms with Crippen LogP contribution in [0.25, 0.3) is 0 Å². The molecule has 1 aliphatic heterocycles. The summed E-state index contributed by atoms with van der Waals surface area (Å²) in [6, 6.07) is 10.9. The monoisotopic (exact) mass is 508 g/mol. The van der Waals surface area contributed by atoms with E-state index in [0.29, 0.717) is 36.1 Å². The van der Waals surface area contributed by atoms with Crippen LogP contribution in [0.15, 0.2) is 52.3 Å². The maximum Gasteiger partial charge on any atom is 0.243 e. The molecule has 34 heavy (non-hydrogen) atoms. The number of nitrogens with zero attached hydrogens (tertiary/aromatic N) is 2. The minimum Gasteiger partial charge on any atom is -0.493 e. The quantitative estimate of drug-likeness (QED) is 0.515. The number of para-hydroxylation sites is 1. The SMILES string of the molecule is COc1cccc(CN(C2CC2)S(=O)(=O)c2ccc(S(=O)(=O)N3CCCC(C)C3)cc2)c1OC. The van der Waals surface area contributed by atoms with E-state index < -0.39 is 20.0 Å². The second kappa shape index (κ2) is 9.85. The van der Waals surface area contributed by atoms with E-state index in [1.54, 1.807) is 12.1 Å². The Morgan fingerprint density at radius 2 is 1.62 bits per heavy atom. The molecule has 0 N–H and O–H groups in total. The first-order valence-electron chi connectivity index (χ1n) is 11.5. The first-order valence-corrected chi connectivity index (χ1v) is 14.4. The predicted molar refractivity (Wildman–Crippen MR) is 129 cm³/mol. The van der Waals surface area contributed by atoms with E-state index in [-0.39, 0.29) is 22.4 Å². The van der Waals surface area contributed by atoms with Crippen LogP contribution in [0.4, 0.5) is 0 Å². The second-order valence-electron chi connectivity index (χ2n) is 9.02. The van der Waals surface area contributed by atoms with Gasteiger partial charge in [-0.1, -0.05) is 19.1 Å². The highest BCUT2D eigenvalue weighted by Crippen LogP contribution is 2.38. The van der Waals surface area contributed by atoms with Crippen molar-refractivity contribution in [2.45, 2.75) is 55.0 Å². The molecule has 4 rings (SSSR count). The van der Waals surface area contributed by atoms with Gasteiger partial charge in [0, 0.05) is 31.2 Å². The minimum atomic E-state index is -3.85. The molecule has 8 nitrogen and oxygen atoms in total. The number of sulfonamides is 2. The van der Waals surface area contributed by atoms with Crippen LogP contribution in [0.2, 0.25) is 0 Å². The number of methoxy groups -OCH3 is 2. The highest BCUT2D eigenvalue weighted by molar-refractivity contribution is 7.89. The van der Waals surface area contributed by atoms with Crippen molar-refractivity contribution in [2.24, 2.45) is 5.92 Å². The van der Waals surface area contributed by atoms with Crippen LogP contribution in [-0.2, 0) is 26.6 Å². The third kappa shape index (κ3) is 4.95. The van der Waals surface area contributed by atoms with Crippen molar-refractivity contribution in [1.29, 1.82) is 0 Å². The van der Waals surface area contributed by atoms with Gasteiger partial charge in [0.1, 0.15) is 0 Å². The third-order valence-electron chi connectivity index (χ3n) is 6.45. The van der Waals surface area contributed by atoms with Crippen molar-refractivity contribution in [3.8, 4) is 11.5 Å². The fourth-order valence-corrected chi connectivity index (χ4v) is 7.71. The molecule has 0 aromatic heterocycles. The molecule has 2 aliphatic rings. The highest BCUT2D eigenvalue weighted by atomic mass is 32.2. The fourth-order valence-electron chi connectivity index (χ4n) is 4.45. The normalized spacial score (nSPS) is 19.8. The standard InChI is InChI=1S/C24H32N2O6S2/c1-18-6-5-15-25(16-18)33(27,28)21-11-13-22(14-12-21)34(29,30)26(20-9-10-20)17-19-7-4-8-23(31-2)24(19)32-3/h4,7-8,11-14,18,20H,5-6,9-10,15-17H2,1-3H3. The van der Waals surface area contributed by atoms with Crippen molar-refractivity contribution < 1.29 is 26.3 Å². The molecule has 2 aromatic rings. The largest absolute Gasteiger partial charge is 0.493 e. The lowest BCUT2D eigenvalue weighted by molar-refractivity contribution is 0.281. The van der Waals surface area contributed by atoms with Gasteiger partial charge in [-0.05, 0) is 61.9 Å². The summed E-state index contributed by atoms with van der Waals surface area (Å²) in [5.74, 6) is 1.35. The smallest absolute Gasteiger partial charge is 0.243 e. The summed E-state index contributed by atoms with van der Waals surface area (Å²) in [6.45, 7) is 3.16. The molecular weight excluding hydrogens is 476 g/mol. The lowest BCUT2D eigenvalue weighted by Gasteiger charge is -2.30. The average molecular weight is 509 g/mol. The van der Waals surface area contributed by atoms with Crippen molar-refractivity contribution in [3.63, 3.8) is 0 Å². The zero-order chi connectivity index (χ0) is 24.5. The number of benzene rings is 2. The van der Waals surface area contributed by atoms with E-state index in [2.05, 4.69) is 0 Å². The van der Waals surface area contributed by atoms with Gasteiger partial charge in [0.15, 0.2) is 11.5 Å². The van der Waals surface area contributed by atoms with Gasteiger partial charge in [-0.3, -0.25) is 0 Å². The molecule has 0 radical (unpaired) electrons. The molecule has 0 amide bonds. The van der Waals surface area contributed by atoms with Gasteiger partial charge in [-0.25, -0.2) is 16.8 Å². The van der Waals surface area contributed by atoms with E-state index in [1.165, 1.54) is 47.1 Å². The lowest BCUT2D eigenvalue weighted by atomic mass is 10.0. The molecule has 1 unspecified atom stereocenters. The summed E-state index contributed by atoms with van der Waals surface area (Å²) in [6.07, 6.45) is 3.41. The van der Waals surface area contributed by atoms with E-state index in [0.717, 1.165) is 25.7 Å². The second-order valence-corrected chi connectivity index (χ2v) is 12.8. The number of piperidine rings is 1.